The van der Waals surface area contributed by atoms with Crippen molar-refractivity contribution in [3.63, 3.8) is 0 Å². The van der Waals surface area contributed by atoms with Gasteiger partial charge in [0.2, 0.25) is 0 Å². The minimum atomic E-state index is -3.62. The first-order chi connectivity index (χ1) is 10.2. The Labute approximate surface area is 131 Å². The van der Waals surface area contributed by atoms with Crippen molar-refractivity contribution in [1.82, 2.24) is 0 Å². The first kappa shape index (κ1) is 18.4. The predicted octanol–water partition coefficient (Wildman–Crippen LogP) is 2.32. The molecule has 0 saturated heterocycles. The van der Waals surface area contributed by atoms with E-state index in [4.69, 9.17) is 4.74 Å². The van der Waals surface area contributed by atoms with Crippen molar-refractivity contribution in [2.75, 3.05) is 5.75 Å². The van der Waals surface area contributed by atoms with Crippen LogP contribution >= 0.6 is 0 Å². The number of esters is 1. The summed E-state index contributed by atoms with van der Waals surface area (Å²) in [4.78, 5) is 23.3. The zero-order chi connectivity index (χ0) is 16.9. The third-order valence-electron chi connectivity index (χ3n) is 3.46. The van der Waals surface area contributed by atoms with Crippen molar-refractivity contribution in [1.29, 1.82) is 0 Å². The maximum atomic E-state index is 12.5. The van der Waals surface area contributed by atoms with Crippen LogP contribution in [0.5, 0.6) is 0 Å². The van der Waals surface area contributed by atoms with Crippen molar-refractivity contribution in [3.05, 3.63) is 29.8 Å². The highest BCUT2D eigenvalue weighted by Gasteiger charge is 2.32. The Bertz CT molecular complexity index is 631. The normalized spacial score (nSPS) is 14.2. The smallest absolute Gasteiger partial charge is 0.302 e. The van der Waals surface area contributed by atoms with Crippen LogP contribution in [0.15, 0.2) is 29.2 Å². The molecule has 0 spiro atoms. The van der Waals surface area contributed by atoms with Gasteiger partial charge in [0.25, 0.3) is 0 Å². The summed E-state index contributed by atoms with van der Waals surface area (Å²) in [6, 6.07) is 6.46. The molecular formula is C16H22O5S. The van der Waals surface area contributed by atoms with E-state index in [2.05, 4.69) is 0 Å². The Kier molecular flexibility index (Phi) is 6.29. The fraction of sp³-hybridized carbons (Fsp3) is 0.500. The zero-order valence-electron chi connectivity index (χ0n) is 13.3. The molecule has 122 valence electrons. The molecule has 1 aromatic rings. The number of aryl methyl sites for hydroxylation is 1. The highest BCUT2D eigenvalue weighted by Crippen LogP contribution is 2.20. The number of benzene rings is 1. The molecule has 22 heavy (non-hydrogen) atoms. The lowest BCUT2D eigenvalue weighted by molar-refractivity contribution is -0.149. The number of carbonyl (C=O) groups excluding carboxylic acids is 2. The van der Waals surface area contributed by atoms with Gasteiger partial charge in [0.15, 0.2) is 9.84 Å². The van der Waals surface area contributed by atoms with Gasteiger partial charge in [0.1, 0.15) is 11.9 Å². The van der Waals surface area contributed by atoms with Gasteiger partial charge in [-0.2, -0.15) is 0 Å². The van der Waals surface area contributed by atoms with Crippen LogP contribution in [0.1, 0.15) is 32.8 Å². The van der Waals surface area contributed by atoms with E-state index in [0.29, 0.717) is 0 Å². The molecule has 0 aliphatic heterocycles. The predicted molar refractivity (Wildman–Crippen MR) is 83.2 cm³/mol. The lowest BCUT2D eigenvalue weighted by atomic mass is 9.99. The average molecular weight is 326 g/mol. The van der Waals surface area contributed by atoms with E-state index in [9.17, 15) is 18.0 Å². The molecule has 0 fully saturated rings. The molecule has 0 radical (unpaired) electrons. The van der Waals surface area contributed by atoms with Gasteiger partial charge in [-0.15, -0.1) is 0 Å². The van der Waals surface area contributed by atoms with E-state index in [-0.39, 0.29) is 22.9 Å². The van der Waals surface area contributed by atoms with Gasteiger partial charge >= 0.3 is 5.97 Å². The topological polar surface area (TPSA) is 77.5 Å². The zero-order valence-corrected chi connectivity index (χ0v) is 14.1. The molecule has 1 rings (SSSR count). The molecule has 0 saturated carbocycles. The van der Waals surface area contributed by atoms with Crippen LogP contribution in [-0.2, 0) is 24.2 Å². The molecule has 0 unspecified atom stereocenters. The summed E-state index contributed by atoms with van der Waals surface area (Å²) in [7, 11) is -3.62. The summed E-state index contributed by atoms with van der Waals surface area (Å²) in [6.45, 7) is 6.31. The second-order valence-electron chi connectivity index (χ2n) is 5.34. The van der Waals surface area contributed by atoms with Crippen LogP contribution in [0.25, 0.3) is 0 Å². The second kappa shape index (κ2) is 7.54. The van der Waals surface area contributed by atoms with E-state index in [1.807, 2.05) is 6.92 Å². The summed E-state index contributed by atoms with van der Waals surface area (Å²) in [5.74, 6) is -1.99. The Morgan fingerprint density at radius 3 is 2.18 bits per heavy atom. The van der Waals surface area contributed by atoms with Crippen LogP contribution < -0.4 is 0 Å². The van der Waals surface area contributed by atoms with Gasteiger partial charge in [-0.25, -0.2) is 8.42 Å². The number of Topliss-reactive ketones (excluding diaryl/α,β-unsaturated/α-hetero) is 1. The third kappa shape index (κ3) is 4.94. The van der Waals surface area contributed by atoms with Gasteiger partial charge in [0.05, 0.1) is 16.6 Å². The van der Waals surface area contributed by atoms with Gasteiger partial charge in [-0.3, -0.25) is 9.59 Å². The number of hydrogen-bond acceptors (Lipinski definition) is 5. The van der Waals surface area contributed by atoms with Gasteiger partial charge in [0, 0.05) is 13.3 Å². The Morgan fingerprint density at radius 2 is 1.73 bits per heavy atom. The fourth-order valence-corrected chi connectivity index (χ4v) is 3.85. The second-order valence-corrected chi connectivity index (χ2v) is 7.37. The molecule has 0 aliphatic rings. The van der Waals surface area contributed by atoms with Gasteiger partial charge in [-0.1, -0.05) is 24.6 Å². The summed E-state index contributed by atoms with van der Waals surface area (Å²) < 4.78 is 30.0. The summed E-state index contributed by atoms with van der Waals surface area (Å²) in [5.41, 5.74) is 0.952. The Balaban J connectivity index is 3.04. The van der Waals surface area contributed by atoms with Crippen LogP contribution in [0.2, 0.25) is 0 Å². The molecule has 0 heterocycles. The van der Waals surface area contributed by atoms with E-state index in [1.54, 1.807) is 26.0 Å². The van der Waals surface area contributed by atoms with Crippen molar-refractivity contribution >= 4 is 21.6 Å². The number of rotatable bonds is 7. The number of sulfone groups is 1. The molecule has 0 bridgehead atoms. The maximum absolute atomic E-state index is 12.5. The maximum Gasteiger partial charge on any atom is 0.302 e. The fourth-order valence-electron chi connectivity index (χ4n) is 2.17. The number of ether oxygens (including phenoxy) is 1. The first-order valence-electron chi connectivity index (χ1n) is 7.16. The molecule has 5 nitrogen and oxygen atoms in total. The van der Waals surface area contributed by atoms with Crippen LogP contribution in [0, 0.1) is 12.8 Å². The molecule has 1 aromatic carbocycles. The Morgan fingerprint density at radius 1 is 1.18 bits per heavy atom. The Hall–Kier alpha value is -1.69. The van der Waals surface area contributed by atoms with Crippen LogP contribution in [0.3, 0.4) is 0 Å². The van der Waals surface area contributed by atoms with E-state index >= 15 is 0 Å². The lowest BCUT2D eigenvalue weighted by Gasteiger charge is -2.22. The molecule has 0 aromatic heterocycles. The molecule has 2 atom stereocenters. The third-order valence-corrected chi connectivity index (χ3v) is 5.25. The van der Waals surface area contributed by atoms with E-state index < -0.39 is 27.8 Å². The van der Waals surface area contributed by atoms with Crippen molar-refractivity contribution in [2.24, 2.45) is 5.92 Å². The highest BCUT2D eigenvalue weighted by molar-refractivity contribution is 7.91. The van der Waals surface area contributed by atoms with Gasteiger partial charge < -0.3 is 4.74 Å². The number of carbonyl (C=O) groups is 2. The van der Waals surface area contributed by atoms with E-state index in [1.165, 1.54) is 19.1 Å². The van der Waals surface area contributed by atoms with Crippen molar-refractivity contribution in [3.8, 4) is 0 Å². The minimum absolute atomic E-state index is 0.169. The monoisotopic (exact) mass is 326 g/mol. The molecule has 0 aliphatic carbocycles. The standard InChI is InChI=1S/C16H22O5S/c1-5-16(18)15(12(3)21-13(4)17)10-22(19,20)14-8-6-11(2)7-9-14/h6-9,12,15H,5,10H2,1-4H3/t12-,15+/m1/s1. The van der Waals surface area contributed by atoms with Crippen molar-refractivity contribution < 1.29 is 22.7 Å². The molecule has 0 N–H and O–H groups in total. The van der Waals surface area contributed by atoms with E-state index in [0.717, 1.165) is 5.56 Å². The number of ketones is 1. The molecular weight excluding hydrogens is 304 g/mol. The average Bonchev–Trinajstić information content (AvgIpc) is 2.43. The minimum Gasteiger partial charge on any atom is -0.462 e. The first-order valence-corrected chi connectivity index (χ1v) is 8.82. The number of hydrogen-bond donors (Lipinski definition) is 0. The summed E-state index contributed by atoms with van der Waals surface area (Å²) in [6.07, 6.45) is -0.579. The highest BCUT2D eigenvalue weighted by atomic mass is 32.2. The summed E-state index contributed by atoms with van der Waals surface area (Å²) >= 11 is 0. The van der Waals surface area contributed by atoms with Crippen LogP contribution in [0.4, 0.5) is 0 Å². The molecule has 0 amide bonds. The largest absolute Gasteiger partial charge is 0.462 e. The summed E-state index contributed by atoms with van der Waals surface area (Å²) in [5, 5.41) is 0. The van der Waals surface area contributed by atoms with Crippen molar-refractivity contribution in [2.45, 2.75) is 45.1 Å². The van der Waals surface area contributed by atoms with Gasteiger partial charge in [-0.05, 0) is 26.0 Å². The van der Waals surface area contributed by atoms with Crippen LogP contribution in [-0.4, -0.2) is 32.0 Å². The quantitative estimate of drug-likeness (QED) is 0.719. The SMILES string of the molecule is CCC(=O)[C@@H](CS(=O)(=O)c1ccc(C)cc1)[C@@H](C)OC(C)=O. The molecule has 6 heteroatoms. The lowest BCUT2D eigenvalue weighted by Crippen LogP contribution is -2.35.